The molecule has 176 valence electrons. The number of hydrogen-bond donors (Lipinski definition) is 0. The normalized spacial score (nSPS) is 11.5. The van der Waals surface area contributed by atoms with Gasteiger partial charge in [0.05, 0.1) is 19.3 Å². The third-order valence-electron chi connectivity index (χ3n) is 5.46. The fraction of sp³-hybridized carbons (Fsp3) is 0.385. The van der Waals surface area contributed by atoms with Crippen LogP contribution in [0.15, 0.2) is 42.5 Å². The van der Waals surface area contributed by atoms with Crippen LogP contribution in [0, 0.1) is 13.8 Å². The smallest absolute Gasteiger partial charge is 0.284 e. The van der Waals surface area contributed by atoms with E-state index in [1.807, 2.05) is 20.8 Å². The van der Waals surface area contributed by atoms with Crippen LogP contribution in [-0.4, -0.2) is 34.4 Å². The predicted molar refractivity (Wildman–Crippen MR) is 131 cm³/mol. The Morgan fingerprint density at radius 3 is 2.48 bits per heavy atom. The lowest BCUT2D eigenvalue weighted by Gasteiger charge is -2.23. The van der Waals surface area contributed by atoms with Gasteiger partial charge in [-0.3, -0.25) is 9.63 Å². The Balaban J connectivity index is 1.96. The first-order valence-corrected chi connectivity index (χ1v) is 11.3. The number of halogens is 1. The topological polar surface area (TPSA) is 56.6 Å². The standard InChI is InChI=1S/C26H32ClN3O3/c1-17-11-12-19(18(2)15-17)13-14-30(32-7)24(31)22-23(26(3,4)5)28-29(6)25(22)33-21-10-8-9-20(27)16-21/h8-12,15-16H,13-14H2,1-7H3. The maximum absolute atomic E-state index is 13.7. The summed E-state index contributed by atoms with van der Waals surface area (Å²) in [5.41, 5.74) is 4.22. The van der Waals surface area contributed by atoms with Gasteiger partial charge in [-0.25, -0.2) is 9.75 Å². The molecule has 0 bridgehead atoms. The fourth-order valence-electron chi connectivity index (χ4n) is 3.73. The zero-order valence-corrected chi connectivity index (χ0v) is 21.2. The summed E-state index contributed by atoms with van der Waals surface area (Å²) in [6.45, 7) is 10.6. The minimum atomic E-state index is -0.383. The van der Waals surface area contributed by atoms with Crippen molar-refractivity contribution in [1.29, 1.82) is 0 Å². The zero-order valence-electron chi connectivity index (χ0n) is 20.4. The van der Waals surface area contributed by atoms with Gasteiger partial charge in [0.15, 0.2) is 0 Å². The first-order valence-electron chi connectivity index (χ1n) is 10.9. The van der Waals surface area contributed by atoms with Crippen LogP contribution in [0.2, 0.25) is 5.02 Å². The molecule has 0 saturated carbocycles. The summed E-state index contributed by atoms with van der Waals surface area (Å²) >= 11 is 6.13. The molecule has 2 aromatic carbocycles. The van der Waals surface area contributed by atoms with E-state index in [0.29, 0.717) is 40.9 Å². The van der Waals surface area contributed by atoms with Crippen molar-refractivity contribution in [2.24, 2.45) is 7.05 Å². The minimum Gasteiger partial charge on any atom is -0.438 e. The highest BCUT2D eigenvalue weighted by molar-refractivity contribution is 6.30. The third kappa shape index (κ3) is 5.75. The molecule has 0 fully saturated rings. The molecule has 3 rings (SSSR count). The number of benzene rings is 2. The number of aryl methyl sites for hydroxylation is 3. The molecule has 0 N–H and O–H groups in total. The number of aromatic nitrogens is 2. The first-order chi connectivity index (χ1) is 15.5. The van der Waals surface area contributed by atoms with E-state index in [-0.39, 0.29) is 11.3 Å². The van der Waals surface area contributed by atoms with Gasteiger partial charge in [-0.2, -0.15) is 5.10 Å². The van der Waals surface area contributed by atoms with Crippen LogP contribution in [0.4, 0.5) is 0 Å². The Morgan fingerprint density at radius 1 is 1.15 bits per heavy atom. The summed E-state index contributed by atoms with van der Waals surface area (Å²) in [5, 5.41) is 6.55. The van der Waals surface area contributed by atoms with Crippen LogP contribution in [0.1, 0.15) is 53.5 Å². The second-order valence-corrected chi connectivity index (χ2v) is 9.67. The quantitative estimate of drug-likeness (QED) is 0.396. The average molecular weight is 470 g/mol. The molecule has 6 nitrogen and oxygen atoms in total. The highest BCUT2D eigenvalue weighted by atomic mass is 35.5. The van der Waals surface area contributed by atoms with Crippen LogP contribution in [0.25, 0.3) is 0 Å². The molecule has 0 atom stereocenters. The number of nitrogens with zero attached hydrogens (tertiary/aromatic N) is 3. The van der Waals surface area contributed by atoms with Crippen molar-refractivity contribution < 1.29 is 14.4 Å². The van der Waals surface area contributed by atoms with E-state index < -0.39 is 0 Å². The lowest BCUT2D eigenvalue weighted by Crippen LogP contribution is -2.33. The van der Waals surface area contributed by atoms with E-state index in [1.165, 1.54) is 28.9 Å². The summed E-state index contributed by atoms with van der Waals surface area (Å²) in [6, 6.07) is 13.4. The van der Waals surface area contributed by atoms with Gasteiger partial charge in [0.1, 0.15) is 11.3 Å². The summed E-state index contributed by atoms with van der Waals surface area (Å²) in [6.07, 6.45) is 0.668. The van der Waals surface area contributed by atoms with Gasteiger partial charge in [-0.15, -0.1) is 0 Å². The van der Waals surface area contributed by atoms with Crippen molar-refractivity contribution in [3.63, 3.8) is 0 Å². The Hall–Kier alpha value is -2.83. The molecule has 3 aromatic rings. The van der Waals surface area contributed by atoms with Gasteiger partial charge in [-0.1, -0.05) is 62.2 Å². The molecule has 0 unspecified atom stereocenters. The van der Waals surface area contributed by atoms with E-state index in [4.69, 9.17) is 21.2 Å². The number of hydrogen-bond acceptors (Lipinski definition) is 4. The van der Waals surface area contributed by atoms with E-state index in [9.17, 15) is 4.79 Å². The lowest BCUT2D eigenvalue weighted by molar-refractivity contribution is -0.0944. The molecular formula is C26H32ClN3O3. The largest absolute Gasteiger partial charge is 0.438 e. The van der Waals surface area contributed by atoms with E-state index >= 15 is 0 Å². The fourth-order valence-corrected chi connectivity index (χ4v) is 3.91. The van der Waals surface area contributed by atoms with Gasteiger partial charge < -0.3 is 4.74 Å². The van der Waals surface area contributed by atoms with Gasteiger partial charge >= 0.3 is 0 Å². The second kappa shape index (κ2) is 9.98. The highest BCUT2D eigenvalue weighted by Crippen LogP contribution is 2.35. The number of amides is 1. The SMILES string of the molecule is CON(CCc1ccc(C)cc1C)C(=O)c1c(C(C)(C)C)nn(C)c1Oc1cccc(Cl)c1. The van der Waals surface area contributed by atoms with Crippen molar-refractivity contribution in [3.8, 4) is 11.6 Å². The molecule has 33 heavy (non-hydrogen) atoms. The van der Waals surface area contributed by atoms with Gasteiger partial charge in [0.25, 0.3) is 5.91 Å². The Kier molecular flexibility index (Phi) is 7.50. The first kappa shape index (κ1) is 24.8. The summed E-state index contributed by atoms with van der Waals surface area (Å²) < 4.78 is 7.71. The second-order valence-electron chi connectivity index (χ2n) is 9.23. The monoisotopic (exact) mass is 469 g/mol. The molecule has 7 heteroatoms. The minimum absolute atomic E-state index is 0.294. The van der Waals surface area contributed by atoms with E-state index in [0.717, 1.165) is 0 Å². The van der Waals surface area contributed by atoms with Crippen LogP contribution < -0.4 is 4.74 Å². The molecular weight excluding hydrogens is 438 g/mol. The summed E-state index contributed by atoms with van der Waals surface area (Å²) in [5.74, 6) is 0.581. The number of rotatable bonds is 7. The van der Waals surface area contributed by atoms with Gasteiger partial charge in [-0.05, 0) is 49.6 Å². The molecule has 1 amide bonds. The van der Waals surface area contributed by atoms with E-state index in [1.54, 1.807) is 36.0 Å². The number of hydroxylamine groups is 2. The van der Waals surface area contributed by atoms with Gasteiger partial charge in [0.2, 0.25) is 5.88 Å². The Bertz CT molecular complexity index is 1150. The van der Waals surface area contributed by atoms with Crippen LogP contribution in [-0.2, 0) is 23.7 Å². The summed E-state index contributed by atoms with van der Waals surface area (Å²) in [4.78, 5) is 19.3. The molecule has 0 aliphatic rings. The molecule has 1 heterocycles. The highest BCUT2D eigenvalue weighted by Gasteiger charge is 2.34. The van der Waals surface area contributed by atoms with Crippen LogP contribution in [0.5, 0.6) is 11.6 Å². The predicted octanol–water partition coefficient (Wildman–Crippen LogP) is 6.03. The molecule has 1 aromatic heterocycles. The Morgan fingerprint density at radius 2 is 1.88 bits per heavy atom. The van der Waals surface area contributed by atoms with Crippen LogP contribution in [0.3, 0.4) is 0 Å². The van der Waals surface area contributed by atoms with Crippen molar-refractivity contribution in [1.82, 2.24) is 14.8 Å². The molecule has 0 aliphatic heterocycles. The van der Waals surface area contributed by atoms with Crippen molar-refractivity contribution in [3.05, 3.63) is 75.4 Å². The zero-order chi connectivity index (χ0) is 24.3. The molecule has 0 spiro atoms. The van der Waals surface area contributed by atoms with E-state index in [2.05, 4.69) is 37.1 Å². The van der Waals surface area contributed by atoms with Crippen molar-refractivity contribution in [2.45, 2.75) is 46.5 Å². The lowest BCUT2D eigenvalue weighted by atomic mass is 9.89. The number of carbonyl (C=O) groups excluding carboxylic acids is 1. The van der Waals surface area contributed by atoms with Gasteiger partial charge in [0, 0.05) is 17.5 Å². The third-order valence-corrected chi connectivity index (χ3v) is 5.69. The van der Waals surface area contributed by atoms with Crippen molar-refractivity contribution in [2.75, 3.05) is 13.7 Å². The molecule has 0 saturated heterocycles. The molecule has 0 aliphatic carbocycles. The number of carbonyl (C=O) groups is 1. The maximum atomic E-state index is 13.7. The Labute approximate surface area is 201 Å². The average Bonchev–Trinajstić information content (AvgIpc) is 3.06. The van der Waals surface area contributed by atoms with Crippen molar-refractivity contribution >= 4 is 17.5 Å². The van der Waals surface area contributed by atoms with Crippen LogP contribution >= 0.6 is 11.6 Å². The maximum Gasteiger partial charge on any atom is 0.284 e. The summed E-state index contributed by atoms with van der Waals surface area (Å²) in [7, 11) is 3.27. The molecule has 0 radical (unpaired) electrons. The number of ether oxygens (including phenoxy) is 1.